The molecule has 0 spiro atoms. The van der Waals surface area contributed by atoms with Crippen LogP contribution in [-0.4, -0.2) is 42.4 Å². The van der Waals surface area contributed by atoms with Crippen LogP contribution in [0.1, 0.15) is 62.9 Å². The average Bonchev–Trinajstić information content (AvgIpc) is 2.65. The first-order valence-corrected chi connectivity index (χ1v) is 9.96. The number of carbonyl (C=O) groups is 1. The molecule has 1 aliphatic heterocycles. The summed E-state index contributed by atoms with van der Waals surface area (Å²) in [6.45, 7) is 12.1. The van der Waals surface area contributed by atoms with Crippen molar-refractivity contribution in [2.45, 2.75) is 59.5 Å². The van der Waals surface area contributed by atoms with E-state index in [1.54, 1.807) is 0 Å². The van der Waals surface area contributed by atoms with E-state index >= 15 is 0 Å². The molecule has 1 aliphatic rings. The number of hydrogen-bond acceptors (Lipinski definition) is 2. The van der Waals surface area contributed by atoms with E-state index < -0.39 is 0 Å². The van der Waals surface area contributed by atoms with Crippen LogP contribution in [0.3, 0.4) is 0 Å². The number of guanidine groups is 1. The number of nitrogens with zero attached hydrogens (tertiary/aromatic N) is 2. The third-order valence-electron chi connectivity index (χ3n) is 4.88. The van der Waals surface area contributed by atoms with Crippen molar-refractivity contribution in [1.82, 2.24) is 15.5 Å². The molecule has 0 aromatic heterocycles. The molecule has 2 rings (SSSR count). The van der Waals surface area contributed by atoms with Crippen LogP contribution in [0, 0.1) is 5.92 Å². The van der Waals surface area contributed by atoms with E-state index in [2.05, 4.69) is 36.3 Å². The van der Waals surface area contributed by atoms with Gasteiger partial charge in [-0.25, -0.2) is 4.99 Å². The Morgan fingerprint density at radius 1 is 1.37 bits per heavy atom. The molecule has 0 radical (unpaired) electrons. The lowest BCUT2D eigenvalue weighted by atomic mass is 10.0. The number of nitrogens with one attached hydrogen (secondary N) is 2. The standard InChI is InChI=1S/C21H34N4O.HI/c1-5-17(4)24-20(26)19-11-7-10-18(13-19)14-23-21(22-6-2)25-12-8-9-16(3)15-25;/h7,10-11,13,16-17H,5-6,8-9,12,14-15H2,1-4H3,(H,22,23)(H,24,26);1H. The summed E-state index contributed by atoms with van der Waals surface area (Å²) in [6, 6.07) is 7.97. The molecule has 5 nitrogen and oxygen atoms in total. The SMILES string of the molecule is CCNC(=NCc1cccc(C(=O)NC(C)CC)c1)N1CCCC(C)C1.I. The molecule has 0 saturated carbocycles. The lowest BCUT2D eigenvalue weighted by molar-refractivity contribution is 0.0939. The lowest BCUT2D eigenvalue weighted by Gasteiger charge is -2.33. The molecule has 1 aromatic carbocycles. The van der Waals surface area contributed by atoms with Crippen molar-refractivity contribution in [3.05, 3.63) is 35.4 Å². The number of halogens is 1. The zero-order valence-corrected chi connectivity index (χ0v) is 19.5. The van der Waals surface area contributed by atoms with E-state index in [4.69, 9.17) is 4.99 Å². The van der Waals surface area contributed by atoms with Crippen molar-refractivity contribution in [1.29, 1.82) is 0 Å². The summed E-state index contributed by atoms with van der Waals surface area (Å²) < 4.78 is 0. The maximum atomic E-state index is 12.3. The number of hydrogen-bond donors (Lipinski definition) is 2. The first kappa shape index (κ1) is 23.7. The van der Waals surface area contributed by atoms with Gasteiger partial charge in [-0.3, -0.25) is 4.79 Å². The Morgan fingerprint density at radius 2 is 2.15 bits per heavy atom. The van der Waals surface area contributed by atoms with Crippen LogP contribution in [0.2, 0.25) is 0 Å². The number of piperidine rings is 1. The molecular weight excluding hydrogens is 451 g/mol. The second kappa shape index (κ2) is 12.2. The summed E-state index contributed by atoms with van der Waals surface area (Å²) in [4.78, 5) is 19.5. The number of likely N-dealkylation sites (tertiary alicyclic amines) is 1. The van der Waals surface area contributed by atoms with Gasteiger partial charge in [-0.15, -0.1) is 24.0 Å². The Morgan fingerprint density at radius 3 is 2.81 bits per heavy atom. The molecule has 2 unspecified atom stereocenters. The van der Waals surface area contributed by atoms with Crippen LogP contribution in [0.15, 0.2) is 29.3 Å². The van der Waals surface area contributed by atoms with Crippen LogP contribution in [0.5, 0.6) is 0 Å². The number of aliphatic imine (C=N–C) groups is 1. The fraction of sp³-hybridized carbons (Fsp3) is 0.619. The maximum absolute atomic E-state index is 12.3. The molecule has 27 heavy (non-hydrogen) atoms. The molecule has 0 bridgehead atoms. The molecule has 0 aliphatic carbocycles. The Bertz CT molecular complexity index is 620. The van der Waals surface area contributed by atoms with Gasteiger partial charge in [0.15, 0.2) is 5.96 Å². The van der Waals surface area contributed by atoms with Crippen LogP contribution < -0.4 is 10.6 Å². The van der Waals surface area contributed by atoms with Crippen molar-refractivity contribution < 1.29 is 4.79 Å². The van der Waals surface area contributed by atoms with Gasteiger partial charge in [0.2, 0.25) is 0 Å². The molecule has 1 fully saturated rings. The van der Waals surface area contributed by atoms with E-state index in [1.807, 2.05) is 31.2 Å². The van der Waals surface area contributed by atoms with Gasteiger partial charge < -0.3 is 15.5 Å². The number of amides is 1. The van der Waals surface area contributed by atoms with Crippen molar-refractivity contribution in [2.75, 3.05) is 19.6 Å². The number of rotatable bonds is 6. The second-order valence-corrected chi connectivity index (χ2v) is 7.35. The van der Waals surface area contributed by atoms with Crippen molar-refractivity contribution >= 4 is 35.8 Å². The number of benzene rings is 1. The highest BCUT2D eigenvalue weighted by Gasteiger charge is 2.19. The molecule has 1 aromatic rings. The van der Waals surface area contributed by atoms with E-state index in [-0.39, 0.29) is 35.9 Å². The van der Waals surface area contributed by atoms with Gasteiger partial charge in [-0.05, 0) is 56.7 Å². The summed E-state index contributed by atoms with van der Waals surface area (Å²) in [5.74, 6) is 1.68. The number of carbonyl (C=O) groups excluding carboxylic acids is 1. The first-order valence-electron chi connectivity index (χ1n) is 9.96. The van der Waals surface area contributed by atoms with E-state index in [0.29, 0.717) is 18.0 Å². The fourth-order valence-corrected chi connectivity index (χ4v) is 3.19. The van der Waals surface area contributed by atoms with Gasteiger partial charge in [0.1, 0.15) is 0 Å². The second-order valence-electron chi connectivity index (χ2n) is 7.35. The van der Waals surface area contributed by atoms with Crippen LogP contribution >= 0.6 is 24.0 Å². The van der Waals surface area contributed by atoms with Crippen molar-refractivity contribution in [3.8, 4) is 0 Å². The summed E-state index contributed by atoms with van der Waals surface area (Å²) in [6.07, 6.45) is 3.44. The molecule has 2 N–H and O–H groups in total. The highest BCUT2D eigenvalue weighted by Crippen LogP contribution is 2.16. The van der Waals surface area contributed by atoms with Crippen molar-refractivity contribution in [2.24, 2.45) is 10.9 Å². The van der Waals surface area contributed by atoms with E-state index in [0.717, 1.165) is 37.6 Å². The third-order valence-corrected chi connectivity index (χ3v) is 4.88. The third kappa shape index (κ3) is 7.68. The predicted molar refractivity (Wildman–Crippen MR) is 124 cm³/mol. The van der Waals surface area contributed by atoms with E-state index in [1.165, 1.54) is 12.8 Å². The largest absolute Gasteiger partial charge is 0.357 e. The summed E-state index contributed by atoms with van der Waals surface area (Å²) in [5.41, 5.74) is 1.76. The predicted octanol–water partition coefficient (Wildman–Crippen LogP) is 4.03. The summed E-state index contributed by atoms with van der Waals surface area (Å²) in [5, 5.41) is 6.43. The van der Waals surface area contributed by atoms with Crippen LogP contribution in [0.4, 0.5) is 0 Å². The Balaban J connectivity index is 0.00000364. The normalized spacial score (nSPS) is 18.4. The molecule has 1 heterocycles. The molecule has 1 saturated heterocycles. The summed E-state index contributed by atoms with van der Waals surface area (Å²) >= 11 is 0. The molecule has 2 atom stereocenters. The van der Waals surface area contributed by atoms with E-state index in [9.17, 15) is 4.79 Å². The molecule has 152 valence electrons. The van der Waals surface area contributed by atoms with Crippen LogP contribution in [-0.2, 0) is 6.54 Å². The zero-order chi connectivity index (χ0) is 18.9. The summed E-state index contributed by atoms with van der Waals surface area (Å²) in [7, 11) is 0. The first-order chi connectivity index (χ1) is 12.5. The quantitative estimate of drug-likeness (QED) is 0.363. The molecular formula is C21H35IN4O. The lowest BCUT2D eigenvalue weighted by Crippen LogP contribution is -2.46. The highest BCUT2D eigenvalue weighted by atomic mass is 127. The Labute approximate surface area is 181 Å². The molecule has 1 amide bonds. The van der Waals surface area contributed by atoms with Gasteiger partial charge in [0, 0.05) is 31.2 Å². The topological polar surface area (TPSA) is 56.7 Å². The Hall–Kier alpha value is -1.31. The van der Waals surface area contributed by atoms with Gasteiger partial charge in [-0.1, -0.05) is 26.0 Å². The molecule has 6 heteroatoms. The van der Waals surface area contributed by atoms with Crippen LogP contribution in [0.25, 0.3) is 0 Å². The highest BCUT2D eigenvalue weighted by molar-refractivity contribution is 14.0. The minimum absolute atomic E-state index is 0. The minimum Gasteiger partial charge on any atom is -0.357 e. The minimum atomic E-state index is -0.0121. The average molecular weight is 486 g/mol. The van der Waals surface area contributed by atoms with Gasteiger partial charge >= 0.3 is 0 Å². The zero-order valence-electron chi connectivity index (χ0n) is 17.1. The van der Waals surface area contributed by atoms with Gasteiger partial charge in [0.05, 0.1) is 6.54 Å². The van der Waals surface area contributed by atoms with Gasteiger partial charge in [0.25, 0.3) is 5.91 Å². The van der Waals surface area contributed by atoms with Gasteiger partial charge in [-0.2, -0.15) is 0 Å². The monoisotopic (exact) mass is 486 g/mol. The fourth-order valence-electron chi connectivity index (χ4n) is 3.19. The Kier molecular flexibility index (Phi) is 10.7. The smallest absolute Gasteiger partial charge is 0.251 e. The van der Waals surface area contributed by atoms with Crippen molar-refractivity contribution in [3.63, 3.8) is 0 Å². The maximum Gasteiger partial charge on any atom is 0.251 e.